The van der Waals surface area contributed by atoms with Gasteiger partial charge in [-0.2, -0.15) is 0 Å². The molecule has 0 spiro atoms. The molecule has 3 heterocycles. The number of carbonyl (C=O) groups excluding carboxylic acids is 1. The van der Waals surface area contributed by atoms with Crippen molar-refractivity contribution in [3.63, 3.8) is 0 Å². The zero-order chi connectivity index (χ0) is 19.5. The van der Waals surface area contributed by atoms with Crippen molar-refractivity contribution in [2.75, 3.05) is 13.7 Å². The summed E-state index contributed by atoms with van der Waals surface area (Å²) in [7, 11) is 1.67. The summed E-state index contributed by atoms with van der Waals surface area (Å²) in [6.45, 7) is 3.14. The Labute approximate surface area is 165 Å². The van der Waals surface area contributed by atoms with E-state index in [9.17, 15) is 4.79 Å². The van der Waals surface area contributed by atoms with Gasteiger partial charge >= 0.3 is 6.09 Å². The largest absolute Gasteiger partial charge is 0.497 e. The lowest BCUT2D eigenvalue weighted by atomic mass is 9.97. The van der Waals surface area contributed by atoms with E-state index in [4.69, 9.17) is 14.5 Å². The number of hydrogen-bond donors (Lipinski definition) is 0. The number of fused-ring (bicyclic) bond motifs is 1. The molecule has 2 aliphatic heterocycles. The number of nitrogens with zero attached hydrogens (tertiary/aromatic N) is 3. The highest BCUT2D eigenvalue weighted by atomic mass is 16.6. The average molecular weight is 379 g/mol. The number of amides is 1. The minimum Gasteiger partial charge on any atom is -0.497 e. The molecule has 2 aliphatic rings. The summed E-state index contributed by atoms with van der Waals surface area (Å²) < 4.78 is 12.7. The molecule has 0 bridgehead atoms. The SMILES string of the molecule is CCOC(=O)N1C=CC(c2c(-c3ccc(OC)cc3)nc3n2CCCC3)C=C1. The zero-order valence-corrected chi connectivity index (χ0v) is 16.3. The molecule has 0 N–H and O–H groups in total. The summed E-state index contributed by atoms with van der Waals surface area (Å²) in [6, 6.07) is 8.04. The fourth-order valence-corrected chi connectivity index (χ4v) is 3.79. The molecule has 1 amide bonds. The van der Waals surface area contributed by atoms with Gasteiger partial charge in [0.2, 0.25) is 0 Å². The molecule has 4 rings (SSSR count). The molecule has 0 unspecified atom stereocenters. The standard InChI is InChI=1S/C22H25N3O3/c1-3-28-22(26)24-14-11-17(12-15-24)21-20(16-7-9-18(27-2)10-8-16)23-19-6-4-5-13-25(19)21/h7-12,14-15,17H,3-6,13H2,1-2H3. The van der Waals surface area contributed by atoms with Crippen LogP contribution in [0.15, 0.2) is 48.8 Å². The first-order valence-corrected chi connectivity index (χ1v) is 9.76. The van der Waals surface area contributed by atoms with Crippen LogP contribution in [0.5, 0.6) is 5.75 Å². The van der Waals surface area contributed by atoms with E-state index in [1.807, 2.05) is 24.3 Å². The highest BCUT2D eigenvalue weighted by Gasteiger charge is 2.26. The number of allylic oxidation sites excluding steroid dienone is 2. The molecule has 146 valence electrons. The lowest BCUT2D eigenvalue weighted by Crippen LogP contribution is -2.24. The van der Waals surface area contributed by atoms with Crippen LogP contribution in [0.1, 0.15) is 37.2 Å². The van der Waals surface area contributed by atoms with Gasteiger partial charge in [0.15, 0.2) is 0 Å². The highest BCUT2D eigenvalue weighted by Crippen LogP contribution is 2.36. The smallest absolute Gasteiger partial charge is 0.417 e. The summed E-state index contributed by atoms with van der Waals surface area (Å²) in [5, 5.41) is 0. The van der Waals surface area contributed by atoms with Gasteiger partial charge in [-0.3, -0.25) is 4.90 Å². The summed E-state index contributed by atoms with van der Waals surface area (Å²) in [4.78, 5) is 18.4. The first-order chi connectivity index (χ1) is 13.7. The van der Waals surface area contributed by atoms with Gasteiger partial charge in [0.1, 0.15) is 11.6 Å². The molecule has 0 radical (unpaired) electrons. The summed E-state index contributed by atoms with van der Waals surface area (Å²) in [5.74, 6) is 2.03. The van der Waals surface area contributed by atoms with Crippen molar-refractivity contribution >= 4 is 6.09 Å². The second kappa shape index (κ2) is 7.92. The van der Waals surface area contributed by atoms with Crippen LogP contribution in [-0.2, 0) is 17.7 Å². The van der Waals surface area contributed by atoms with Crippen LogP contribution >= 0.6 is 0 Å². The van der Waals surface area contributed by atoms with E-state index in [2.05, 4.69) is 16.7 Å². The molecule has 28 heavy (non-hydrogen) atoms. The Kier molecular flexibility index (Phi) is 5.19. The van der Waals surface area contributed by atoms with Crippen LogP contribution in [0, 0.1) is 0 Å². The Morgan fingerprint density at radius 2 is 1.93 bits per heavy atom. The minimum atomic E-state index is -0.362. The van der Waals surface area contributed by atoms with Crippen LogP contribution in [-0.4, -0.2) is 34.3 Å². The van der Waals surface area contributed by atoms with E-state index >= 15 is 0 Å². The Balaban J connectivity index is 1.70. The maximum absolute atomic E-state index is 11.9. The Hall–Kier alpha value is -3.02. The van der Waals surface area contributed by atoms with Gasteiger partial charge < -0.3 is 14.0 Å². The number of ether oxygens (including phenoxy) is 2. The van der Waals surface area contributed by atoms with Crippen molar-refractivity contribution in [2.45, 2.75) is 38.6 Å². The normalized spacial score (nSPS) is 16.1. The van der Waals surface area contributed by atoms with E-state index < -0.39 is 0 Å². The number of imidazole rings is 1. The van der Waals surface area contributed by atoms with E-state index in [0.717, 1.165) is 42.2 Å². The molecule has 6 heteroatoms. The maximum atomic E-state index is 11.9. The Morgan fingerprint density at radius 3 is 2.61 bits per heavy atom. The second-order valence-corrected chi connectivity index (χ2v) is 6.91. The summed E-state index contributed by atoms with van der Waals surface area (Å²) >= 11 is 0. The molecule has 0 atom stereocenters. The predicted octanol–water partition coefficient (Wildman–Crippen LogP) is 4.48. The van der Waals surface area contributed by atoms with Crippen molar-refractivity contribution in [3.05, 3.63) is 60.3 Å². The number of rotatable bonds is 4. The molecule has 0 saturated carbocycles. The van der Waals surface area contributed by atoms with Crippen molar-refractivity contribution in [1.29, 1.82) is 0 Å². The fraction of sp³-hybridized carbons (Fsp3) is 0.364. The molecule has 0 saturated heterocycles. The van der Waals surface area contributed by atoms with Gasteiger partial charge in [0, 0.05) is 36.8 Å². The average Bonchev–Trinajstić information content (AvgIpc) is 3.13. The number of aryl methyl sites for hydroxylation is 1. The number of carbonyl (C=O) groups is 1. The number of benzene rings is 1. The number of hydrogen-bond acceptors (Lipinski definition) is 4. The third-order valence-corrected chi connectivity index (χ3v) is 5.18. The molecule has 1 aromatic heterocycles. The van der Waals surface area contributed by atoms with Crippen molar-refractivity contribution < 1.29 is 14.3 Å². The molecule has 1 aromatic carbocycles. The molecular formula is C22H25N3O3. The predicted molar refractivity (Wildman–Crippen MR) is 107 cm³/mol. The molecular weight excluding hydrogens is 354 g/mol. The monoisotopic (exact) mass is 379 g/mol. The zero-order valence-electron chi connectivity index (χ0n) is 16.3. The molecule has 0 aliphatic carbocycles. The van der Waals surface area contributed by atoms with Gasteiger partial charge in [-0.1, -0.05) is 12.2 Å². The van der Waals surface area contributed by atoms with Crippen LogP contribution in [0.4, 0.5) is 4.79 Å². The van der Waals surface area contributed by atoms with Gasteiger partial charge in [0.25, 0.3) is 0 Å². The van der Waals surface area contributed by atoms with Crippen molar-refractivity contribution in [1.82, 2.24) is 14.5 Å². The topological polar surface area (TPSA) is 56.6 Å². The number of methoxy groups -OCH3 is 1. The van der Waals surface area contributed by atoms with Gasteiger partial charge in [-0.05, 0) is 44.0 Å². The van der Waals surface area contributed by atoms with Crippen LogP contribution in [0.2, 0.25) is 0 Å². The van der Waals surface area contributed by atoms with E-state index in [0.29, 0.717) is 6.61 Å². The van der Waals surface area contributed by atoms with E-state index in [1.165, 1.54) is 17.0 Å². The van der Waals surface area contributed by atoms with E-state index in [1.54, 1.807) is 26.4 Å². The maximum Gasteiger partial charge on any atom is 0.417 e. The first-order valence-electron chi connectivity index (χ1n) is 9.76. The van der Waals surface area contributed by atoms with Crippen LogP contribution in [0.3, 0.4) is 0 Å². The third-order valence-electron chi connectivity index (χ3n) is 5.18. The Morgan fingerprint density at radius 1 is 1.18 bits per heavy atom. The summed E-state index contributed by atoms with van der Waals surface area (Å²) in [6.07, 6.45) is 10.6. The highest BCUT2D eigenvalue weighted by molar-refractivity contribution is 5.71. The van der Waals surface area contributed by atoms with Crippen LogP contribution < -0.4 is 4.74 Å². The fourth-order valence-electron chi connectivity index (χ4n) is 3.79. The van der Waals surface area contributed by atoms with Gasteiger partial charge in [0.05, 0.1) is 25.1 Å². The number of aromatic nitrogens is 2. The van der Waals surface area contributed by atoms with E-state index in [-0.39, 0.29) is 12.0 Å². The third kappa shape index (κ3) is 3.42. The lowest BCUT2D eigenvalue weighted by Gasteiger charge is -2.23. The quantitative estimate of drug-likeness (QED) is 0.786. The van der Waals surface area contributed by atoms with Gasteiger partial charge in [-0.15, -0.1) is 0 Å². The summed E-state index contributed by atoms with van der Waals surface area (Å²) in [5.41, 5.74) is 3.26. The second-order valence-electron chi connectivity index (χ2n) is 6.91. The van der Waals surface area contributed by atoms with Crippen molar-refractivity contribution in [3.8, 4) is 17.0 Å². The van der Waals surface area contributed by atoms with Gasteiger partial charge in [-0.25, -0.2) is 9.78 Å². The van der Waals surface area contributed by atoms with Crippen molar-refractivity contribution in [2.24, 2.45) is 0 Å². The molecule has 6 nitrogen and oxygen atoms in total. The first kappa shape index (κ1) is 18.3. The molecule has 0 fully saturated rings. The molecule has 2 aromatic rings. The minimum absolute atomic E-state index is 0.0575. The Bertz CT molecular complexity index is 898. The lowest BCUT2D eigenvalue weighted by molar-refractivity contribution is 0.133. The van der Waals surface area contributed by atoms with Crippen LogP contribution in [0.25, 0.3) is 11.3 Å².